The Morgan fingerprint density at radius 1 is 0.200 bits per heavy atom. The fourth-order valence-electron chi connectivity index (χ4n) is 0. The molecule has 0 radical (unpaired) electrons. The van der Waals surface area contributed by atoms with E-state index in [1.54, 1.807) is 0 Å². The first kappa shape index (κ1) is 67.7. The molecular formula is I5K5. The predicted molar refractivity (Wildman–Crippen MR) is 0 cm³/mol. The van der Waals surface area contributed by atoms with Crippen molar-refractivity contribution in [2.45, 2.75) is 0 Å². The molecule has 0 saturated carbocycles. The van der Waals surface area contributed by atoms with E-state index in [1.807, 2.05) is 0 Å². The molecule has 0 aliphatic carbocycles. The third kappa shape index (κ3) is 50.2. The molecule has 0 aromatic rings. The van der Waals surface area contributed by atoms with E-state index in [4.69, 9.17) is 0 Å². The first-order chi connectivity index (χ1) is 0. The minimum atomic E-state index is 0. The van der Waals surface area contributed by atoms with Crippen LogP contribution in [-0.2, 0) is 0 Å². The molecule has 0 unspecified atom stereocenters. The Morgan fingerprint density at radius 2 is 0.200 bits per heavy atom. The van der Waals surface area contributed by atoms with Gasteiger partial charge in [0.15, 0.2) is 0 Å². The molecule has 0 rings (SSSR count). The minimum Gasteiger partial charge on any atom is -1.00 e. The molecule has 40 valence electrons. The topological polar surface area (TPSA) is 0 Å². The quantitative estimate of drug-likeness (QED) is 0.169. The van der Waals surface area contributed by atoms with Crippen LogP contribution in [0.15, 0.2) is 0 Å². The Hall–Kier alpha value is 11.8. The fraction of sp³-hybridized carbons (Fsp3) is 0. The third-order valence-corrected chi connectivity index (χ3v) is 0. The van der Waals surface area contributed by atoms with Crippen LogP contribution in [0.25, 0.3) is 0 Å². The van der Waals surface area contributed by atoms with Crippen molar-refractivity contribution in [3.63, 3.8) is 0 Å². The first-order valence-electron chi connectivity index (χ1n) is 0. The van der Waals surface area contributed by atoms with E-state index in [1.165, 1.54) is 0 Å². The van der Waals surface area contributed by atoms with E-state index in [0.29, 0.717) is 0 Å². The summed E-state index contributed by atoms with van der Waals surface area (Å²) in [6, 6.07) is 0. The van der Waals surface area contributed by atoms with E-state index in [-0.39, 0.29) is 377 Å². The second kappa shape index (κ2) is 58.5. The molecule has 0 aliphatic rings. The maximum absolute atomic E-state index is 0. The van der Waals surface area contributed by atoms with E-state index in [0.717, 1.165) is 0 Å². The van der Waals surface area contributed by atoms with Crippen LogP contribution in [0, 0.1) is 0 Å². The maximum Gasteiger partial charge on any atom is 1.00 e. The molecule has 0 aromatic carbocycles. The van der Waals surface area contributed by atoms with Crippen LogP contribution in [0.4, 0.5) is 0 Å². The molecule has 0 saturated heterocycles. The van der Waals surface area contributed by atoms with Crippen LogP contribution in [0.5, 0.6) is 0 Å². The van der Waals surface area contributed by atoms with Gasteiger partial charge in [-0.15, -0.1) is 0 Å². The Labute approximate surface area is 362 Å². The van der Waals surface area contributed by atoms with Crippen molar-refractivity contribution in [1.29, 1.82) is 0 Å². The summed E-state index contributed by atoms with van der Waals surface area (Å²) in [5.74, 6) is 0. The van der Waals surface area contributed by atoms with Crippen molar-refractivity contribution in [3.8, 4) is 0 Å². The van der Waals surface area contributed by atoms with Gasteiger partial charge in [0.1, 0.15) is 0 Å². The van der Waals surface area contributed by atoms with Gasteiger partial charge < -0.3 is 120 Å². The van der Waals surface area contributed by atoms with Crippen LogP contribution in [0.3, 0.4) is 0 Å². The Balaban J connectivity index is 0. The summed E-state index contributed by atoms with van der Waals surface area (Å²) >= 11 is 0. The Morgan fingerprint density at radius 3 is 0.200 bits per heavy atom. The number of hydrogen-bond acceptors (Lipinski definition) is 0. The van der Waals surface area contributed by atoms with Gasteiger partial charge >= 0.3 is 257 Å². The first-order valence-corrected chi connectivity index (χ1v) is 0. The zero-order valence-electron chi connectivity index (χ0n) is 6.89. The van der Waals surface area contributed by atoms with Gasteiger partial charge in [-0.1, -0.05) is 0 Å². The SMILES string of the molecule is [I-].[I-].[I-].[I-].[I-].[K+].[K+].[K+].[K+].[K+]. The molecule has 0 atom stereocenters. The molecule has 0 heterocycles. The predicted octanol–water partition coefficient (Wildman–Crippen LogP) is -30.0. The molecule has 0 nitrogen and oxygen atoms in total. The molecule has 0 aromatic heterocycles. The largest absolute Gasteiger partial charge is 1.00 e. The van der Waals surface area contributed by atoms with Crippen molar-refractivity contribution in [1.82, 2.24) is 0 Å². The van der Waals surface area contributed by atoms with Gasteiger partial charge in [0.05, 0.1) is 0 Å². The van der Waals surface area contributed by atoms with E-state index >= 15 is 0 Å². The van der Waals surface area contributed by atoms with Crippen molar-refractivity contribution < 1.29 is 377 Å². The van der Waals surface area contributed by atoms with Gasteiger partial charge in [-0.3, -0.25) is 0 Å². The third-order valence-electron chi connectivity index (χ3n) is 0. The summed E-state index contributed by atoms with van der Waals surface area (Å²) in [4.78, 5) is 0. The zero-order chi connectivity index (χ0) is 0. The van der Waals surface area contributed by atoms with Crippen LogP contribution in [0.2, 0.25) is 0 Å². The normalized spacial score (nSPS) is 0. The van der Waals surface area contributed by atoms with E-state index in [2.05, 4.69) is 0 Å². The van der Waals surface area contributed by atoms with Crippen LogP contribution in [-0.4, -0.2) is 0 Å². The molecule has 0 fully saturated rings. The van der Waals surface area contributed by atoms with Crippen molar-refractivity contribution in [2.24, 2.45) is 0 Å². The van der Waals surface area contributed by atoms with Gasteiger partial charge in [0.25, 0.3) is 0 Å². The maximum atomic E-state index is 0. The zero-order valence-corrected chi connectivity index (χ0v) is 33.3. The van der Waals surface area contributed by atoms with Gasteiger partial charge in [-0.05, 0) is 0 Å². The monoisotopic (exact) mass is 829 g/mol. The number of hydrogen-bond donors (Lipinski definition) is 0. The molecule has 0 N–H and O–H groups in total. The van der Waals surface area contributed by atoms with Crippen LogP contribution in [0.1, 0.15) is 0 Å². The summed E-state index contributed by atoms with van der Waals surface area (Å²) in [5.41, 5.74) is 0. The van der Waals surface area contributed by atoms with E-state index < -0.39 is 0 Å². The molecular weight excluding hydrogens is 830 g/mol. The van der Waals surface area contributed by atoms with Crippen molar-refractivity contribution in [3.05, 3.63) is 0 Å². The summed E-state index contributed by atoms with van der Waals surface area (Å²) in [6.45, 7) is 0. The van der Waals surface area contributed by atoms with Gasteiger partial charge in [-0.25, -0.2) is 0 Å². The number of halogens is 5. The average Bonchev–Trinajstić information content (AvgIpc) is 0. The molecule has 0 amide bonds. The molecule has 0 spiro atoms. The molecule has 10 heavy (non-hydrogen) atoms. The molecule has 10 heteroatoms. The van der Waals surface area contributed by atoms with Gasteiger partial charge in [0, 0.05) is 0 Å². The van der Waals surface area contributed by atoms with Crippen LogP contribution >= 0.6 is 0 Å². The summed E-state index contributed by atoms with van der Waals surface area (Å²) in [5, 5.41) is 0. The summed E-state index contributed by atoms with van der Waals surface area (Å²) in [6.07, 6.45) is 0. The Bertz CT molecular complexity index is 10.0. The van der Waals surface area contributed by atoms with E-state index in [9.17, 15) is 0 Å². The summed E-state index contributed by atoms with van der Waals surface area (Å²) < 4.78 is 0. The second-order valence-electron chi connectivity index (χ2n) is 0. The van der Waals surface area contributed by atoms with Crippen LogP contribution < -0.4 is 377 Å². The van der Waals surface area contributed by atoms with Crippen molar-refractivity contribution in [2.75, 3.05) is 0 Å². The average molecular weight is 830 g/mol. The van der Waals surface area contributed by atoms with Gasteiger partial charge in [-0.2, -0.15) is 0 Å². The fourth-order valence-corrected chi connectivity index (χ4v) is 0. The smallest absolute Gasteiger partial charge is 1.00 e. The standard InChI is InChI=1S/5HI.5K/h5*1H;;;;;/q;;;;;5*+1/p-5. The van der Waals surface area contributed by atoms with Crippen molar-refractivity contribution >= 4 is 0 Å². The minimum absolute atomic E-state index is 0. The van der Waals surface area contributed by atoms with Gasteiger partial charge in [0.2, 0.25) is 0 Å². The Kier molecular flexibility index (Phi) is 396. The summed E-state index contributed by atoms with van der Waals surface area (Å²) in [7, 11) is 0. The molecule has 0 aliphatic heterocycles. The molecule has 0 bridgehead atoms. The number of rotatable bonds is 0. The second-order valence-corrected chi connectivity index (χ2v) is 0.